The Balaban J connectivity index is 4.47. The molecule has 0 aliphatic rings. The fourth-order valence-corrected chi connectivity index (χ4v) is 4.75. The second kappa shape index (κ2) is 28.4. The minimum Gasteiger partial charge on any atom is -0.469 e. The van der Waals surface area contributed by atoms with Crippen molar-refractivity contribution < 1.29 is 28.6 Å². The van der Waals surface area contributed by atoms with Crippen LogP contribution in [0.25, 0.3) is 0 Å². The van der Waals surface area contributed by atoms with Gasteiger partial charge in [-0.25, -0.2) is 0 Å². The molecule has 0 saturated heterocycles. The van der Waals surface area contributed by atoms with Crippen LogP contribution in [0.4, 0.5) is 0 Å². The molecule has 0 atom stereocenters. The predicted molar refractivity (Wildman–Crippen MR) is 166 cm³/mol. The number of likely N-dealkylation sites (N-methyl/N-ethyl adjacent to an activating group) is 1. The van der Waals surface area contributed by atoms with E-state index in [1.807, 2.05) is 0 Å². The lowest BCUT2D eigenvalue weighted by molar-refractivity contribution is -0.144. The molecule has 9 nitrogen and oxygen atoms in total. The molecule has 0 fully saturated rings. The van der Waals surface area contributed by atoms with E-state index in [1.165, 1.54) is 72.0 Å². The van der Waals surface area contributed by atoms with Gasteiger partial charge in [-0.05, 0) is 19.5 Å². The maximum Gasteiger partial charge on any atom is 0.307 e. The molecule has 0 N–H and O–H groups in total. The summed E-state index contributed by atoms with van der Waals surface area (Å²) in [5.41, 5.74) is 0. The van der Waals surface area contributed by atoms with E-state index in [9.17, 15) is 14.4 Å². The Morgan fingerprint density at radius 2 is 0.829 bits per heavy atom. The smallest absolute Gasteiger partial charge is 0.307 e. The van der Waals surface area contributed by atoms with Crippen molar-refractivity contribution >= 4 is 17.9 Å². The molecule has 0 bridgehead atoms. The summed E-state index contributed by atoms with van der Waals surface area (Å²) in [5, 5.41) is 0. The monoisotopic (exact) mass is 585 g/mol. The summed E-state index contributed by atoms with van der Waals surface area (Å²) in [7, 11) is 2.80. The van der Waals surface area contributed by atoms with Crippen molar-refractivity contribution in [1.82, 2.24) is 14.7 Å². The minimum atomic E-state index is -0.266. The summed E-state index contributed by atoms with van der Waals surface area (Å²) in [5.74, 6) is -0.677. The van der Waals surface area contributed by atoms with Crippen LogP contribution in [-0.2, 0) is 28.6 Å². The van der Waals surface area contributed by atoms with Gasteiger partial charge in [0, 0.05) is 45.8 Å². The first-order chi connectivity index (χ1) is 19.9. The fraction of sp³-hybridized carbons (Fsp3) is 0.906. The number of unbranched alkanes of at least 4 members (excludes halogenated alkanes) is 10. The summed E-state index contributed by atoms with van der Waals surface area (Å²) in [6.45, 7) is 13.8. The van der Waals surface area contributed by atoms with Crippen molar-refractivity contribution in [2.24, 2.45) is 0 Å². The van der Waals surface area contributed by atoms with Gasteiger partial charge in [0.1, 0.15) is 0 Å². The molecule has 0 unspecified atom stereocenters. The minimum absolute atomic E-state index is 0.191. The second-order valence-electron chi connectivity index (χ2n) is 10.9. The van der Waals surface area contributed by atoms with Gasteiger partial charge < -0.3 is 28.9 Å². The Labute approximate surface area is 251 Å². The molecular formula is C32H63N3O6. The normalized spacial score (nSPS) is 11.4. The van der Waals surface area contributed by atoms with Crippen LogP contribution < -0.4 is 0 Å². The maximum absolute atomic E-state index is 12.4. The first-order valence-corrected chi connectivity index (χ1v) is 16.4. The molecule has 9 heteroatoms. The molecule has 0 heterocycles. The molecule has 0 aromatic carbocycles. The van der Waals surface area contributed by atoms with Gasteiger partial charge in [0.15, 0.2) is 0 Å². The number of carbonyl (C=O) groups excluding carboxylic acids is 3. The van der Waals surface area contributed by atoms with Crippen molar-refractivity contribution in [3.05, 3.63) is 0 Å². The number of hydrogen-bond donors (Lipinski definition) is 0. The van der Waals surface area contributed by atoms with E-state index >= 15 is 0 Å². The van der Waals surface area contributed by atoms with Gasteiger partial charge in [-0.3, -0.25) is 14.4 Å². The predicted octanol–water partition coefficient (Wildman–Crippen LogP) is 5.30. The Morgan fingerprint density at radius 1 is 0.463 bits per heavy atom. The number of nitrogens with zero attached hydrogens (tertiary/aromatic N) is 3. The van der Waals surface area contributed by atoms with Crippen molar-refractivity contribution in [3.63, 3.8) is 0 Å². The van der Waals surface area contributed by atoms with Gasteiger partial charge in [0.25, 0.3) is 0 Å². The van der Waals surface area contributed by atoms with E-state index in [1.54, 1.807) is 0 Å². The van der Waals surface area contributed by atoms with Crippen LogP contribution in [0.3, 0.4) is 0 Å². The molecular weight excluding hydrogens is 522 g/mol. The number of methoxy groups -OCH3 is 2. The van der Waals surface area contributed by atoms with Crippen LogP contribution in [0.5, 0.6) is 0 Å². The highest BCUT2D eigenvalue weighted by molar-refractivity contribution is 5.70. The highest BCUT2D eigenvalue weighted by Gasteiger charge is 2.15. The van der Waals surface area contributed by atoms with Crippen LogP contribution >= 0.6 is 0 Å². The maximum atomic E-state index is 12.4. The zero-order chi connectivity index (χ0) is 30.6. The second-order valence-corrected chi connectivity index (χ2v) is 10.9. The van der Waals surface area contributed by atoms with Crippen LogP contribution in [0.2, 0.25) is 0 Å². The van der Waals surface area contributed by atoms with E-state index in [0.29, 0.717) is 45.6 Å². The number of hydrogen-bond acceptors (Lipinski definition) is 9. The van der Waals surface area contributed by atoms with E-state index in [2.05, 4.69) is 35.5 Å². The highest BCUT2D eigenvalue weighted by Crippen LogP contribution is 2.11. The lowest BCUT2D eigenvalue weighted by atomic mass is 10.1. The largest absolute Gasteiger partial charge is 0.469 e. The van der Waals surface area contributed by atoms with E-state index in [0.717, 1.165) is 45.6 Å². The quantitative estimate of drug-likeness (QED) is 0.0659. The molecule has 242 valence electrons. The third-order valence-corrected chi connectivity index (χ3v) is 7.72. The highest BCUT2D eigenvalue weighted by atomic mass is 16.5. The lowest BCUT2D eigenvalue weighted by Gasteiger charge is -2.29. The van der Waals surface area contributed by atoms with E-state index < -0.39 is 0 Å². The number of ether oxygens (including phenoxy) is 3. The van der Waals surface area contributed by atoms with Gasteiger partial charge in [-0.15, -0.1) is 0 Å². The molecule has 0 aliphatic carbocycles. The molecule has 41 heavy (non-hydrogen) atoms. The molecule has 0 radical (unpaired) electrons. The zero-order valence-electron chi connectivity index (χ0n) is 27.3. The van der Waals surface area contributed by atoms with Gasteiger partial charge >= 0.3 is 17.9 Å². The van der Waals surface area contributed by atoms with E-state index in [4.69, 9.17) is 14.2 Å². The third kappa shape index (κ3) is 24.6. The summed E-state index contributed by atoms with van der Waals surface area (Å²) < 4.78 is 15.1. The summed E-state index contributed by atoms with van der Waals surface area (Å²) in [4.78, 5) is 42.7. The summed E-state index contributed by atoms with van der Waals surface area (Å²) in [6, 6.07) is 0. The SMILES string of the molecule is CCCCCCCCCCCCCOC(=O)CCN(CCC(=O)OC)CCN(CCC(=O)OC)CCN(CC)CC. The van der Waals surface area contributed by atoms with Gasteiger partial charge in [0.2, 0.25) is 0 Å². The number of carbonyl (C=O) groups is 3. The Morgan fingerprint density at radius 3 is 1.24 bits per heavy atom. The average Bonchev–Trinajstić information content (AvgIpc) is 2.99. The van der Waals surface area contributed by atoms with Crippen molar-refractivity contribution in [2.45, 2.75) is 111 Å². The topological polar surface area (TPSA) is 88.6 Å². The van der Waals surface area contributed by atoms with E-state index in [-0.39, 0.29) is 24.3 Å². The zero-order valence-corrected chi connectivity index (χ0v) is 27.3. The molecule has 0 amide bonds. The van der Waals surface area contributed by atoms with Crippen molar-refractivity contribution in [1.29, 1.82) is 0 Å². The molecule has 0 aliphatic heterocycles. The van der Waals surface area contributed by atoms with Crippen molar-refractivity contribution in [3.8, 4) is 0 Å². The molecule has 0 rings (SSSR count). The number of esters is 3. The Hall–Kier alpha value is -1.71. The Bertz CT molecular complexity index is 645. The fourth-order valence-electron chi connectivity index (χ4n) is 4.75. The first kappa shape index (κ1) is 39.3. The molecule has 0 aromatic heterocycles. The number of rotatable bonds is 29. The van der Waals surface area contributed by atoms with Gasteiger partial charge in [0.05, 0.1) is 40.1 Å². The Kier molecular flexibility index (Phi) is 27.2. The first-order valence-electron chi connectivity index (χ1n) is 16.4. The van der Waals surface area contributed by atoms with Crippen molar-refractivity contribution in [2.75, 3.05) is 79.7 Å². The summed E-state index contributed by atoms with van der Waals surface area (Å²) >= 11 is 0. The third-order valence-electron chi connectivity index (χ3n) is 7.72. The molecule has 0 aromatic rings. The van der Waals surface area contributed by atoms with Crippen LogP contribution in [0, 0.1) is 0 Å². The molecule has 0 saturated carbocycles. The van der Waals surface area contributed by atoms with Crippen LogP contribution in [0.15, 0.2) is 0 Å². The standard InChI is InChI=1S/C32H63N3O6/c1-6-9-10-11-12-13-14-15-16-17-18-29-41-32(38)21-24-34(22-19-30(36)39-4)27-28-35(23-20-31(37)40-5)26-25-33(7-2)8-3/h6-29H2,1-5H3. The molecule has 0 spiro atoms. The average molecular weight is 586 g/mol. The lowest BCUT2D eigenvalue weighted by Crippen LogP contribution is -2.41. The van der Waals surface area contributed by atoms with Crippen LogP contribution in [-0.4, -0.2) is 112 Å². The summed E-state index contributed by atoms with van der Waals surface area (Å²) in [6.07, 6.45) is 14.8. The van der Waals surface area contributed by atoms with Gasteiger partial charge in [-0.2, -0.15) is 0 Å². The van der Waals surface area contributed by atoms with Crippen LogP contribution in [0.1, 0.15) is 111 Å². The van der Waals surface area contributed by atoms with Gasteiger partial charge in [-0.1, -0.05) is 85.0 Å².